The van der Waals surface area contributed by atoms with Crippen molar-refractivity contribution in [1.82, 2.24) is 4.90 Å². The Hall–Kier alpha value is -0.120. The lowest BCUT2D eigenvalue weighted by Gasteiger charge is -2.48. The Labute approximate surface area is 112 Å². The van der Waals surface area contributed by atoms with Crippen LogP contribution in [0.4, 0.5) is 0 Å². The number of hydrogen-bond donors (Lipinski definition) is 1. The molecule has 0 spiro atoms. The summed E-state index contributed by atoms with van der Waals surface area (Å²) in [7, 11) is 2.31. The number of nitrogens with zero attached hydrogens (tertiary/aromatic N) is 1. The quantitative estimate of drug-likeness (QED) is 0.840. The summed E-state index contributed by atoms with van der Waals surface area (Å²) >= 11 is 0. The Kier molecular flexibility index (Phi) is 5.05. The standard InChI is InChI=1S/C15H30N2O/c1-13-6-3-4-7-14(13)17(2)15(12-16)8-5-10-18-11-9-15/h13-14H,3-12,16H2,1-2H3. The van der Waals surface area contributed by atoms with Crippen molar-refractivity contribution in [3.63, 3.8) is 0 Å². The summed E-state index contributed by atoms with van der Waals surface area (Å²) in [5.41, 5.74) is 6.35. The van der Waals surface area contributed by atoms with Crippen LogP contribution in [0.2, 0.25) is 0 Å². The average Bonchev–Trinajstić information content (AvgIpc) is 2.65. The molecule has 2 aliphatic rings. The molecule has 3 nitrogen and oxygen atoms in total. The van der Waals surface area contributed by atoms with Crippen LogP contribution >= 0.6 is 0 Å². The van der Waals surface area contributed by atoms with E-state index in [9.17, 15) is 0 Å². The Morgan fingerprint density at radius 3 is 2.67 bits per heavy atom. The lowest BCUT2D eigenvalue weighted by molar-refractivity contribution is 0.0171. The molecule has 0 aromatic carbocycles. The van der Waals surface area contributed by atoms with Gasteiger partial charge in [0, 0.05) is 31.3 Å². The van der Waals surface area contributed by atoms with Crippen LogP contribution in [0.1, 0.15) is 51.9 Å². The highest BCUT2D eigenvalue weighted by molar-refractivity contribution is 4.96. The third-order valence-electron chi connectivity index (χ3n) is 5.33. The molecular weight excluding hydrogens is 224 g/mol. The molecule has 3 heteroatoms. The molecule has 18 heavy (non-hydrogen) atoms. The number of ether oxygens (including phenoxy) is 1. The van der Waals surface area contributed by atoms with Crippen LogP contribution in [0.5, 0.6) is 0 Å². The zero-order valence-electron chi connectivity index (χ0n) is 12.2. The highest BCUT2D eigenvalue weighted by Crippen LogP contribution is 2.35. The van der Waals surface area contributed by atoms with Gasteiger partial charge in [-0.2, -0.15) is 0 Å². The van der Waals surface area contributed by atoms with Gasteiger partial charge in [0.1, 0.15) is 0 Å². The first kappa shape index (κ1) is 14.3. The molecule has 1 saturated carbocycles. The van der Waals surface area contributed by atoms with Crippen LogP contribution in [0.15, 0.2) is 0 Å². The average molecular weight is 254 g/mol. The molecule has 0 aromatic heterocycles. The first-order valence-corrected chi connectivity index (χ1v) is 7.70. The van der Waals surface area contributed by atoms with Gasteiger partial charge in [-0.15, -0.1) is 0 Å². The number of hydrogen-bond acceptors (Lipinski definition) is 3. The molecule has 0 amide bonds. The molecule has 2 fully saturated rings. The van der Waals surface area contributed by atoms with Gasteiger partial charge in [0.05, 0.1) is 0 Å². The molecule has 1 aliphatic heterocycles. The van der Waals surface area contributed by atoms with Crippen molar-refractivity contribution in [3.8, 4) is 0 Å². The minimum atomic E-state index is 0.187. The SMILES string of the molecule is CC1CCCCC1N(C)C1(CN)CCCOCC1. The van der Waals surface area contributed by atoms with Crippen LogP contribution in [-0.2, 0) is 4.74 Å². The minimum absolute atomic E-state index is 0.187. The Morgan fingerprint density at radius 1 is 1.17 bits per heavy atom. The van der Waals surface area contributed by atoms with Gasteiger partial charge in [0.25, 0.3) is 0 Å². The maximum Gasteiger partial charge on any atom is 0.0484 e. The van der Waals surface area contributed by atoms with E-state index in [1.807, 2.05) is 0 Å². The van der Waals surface area contributed by atoms with Gasteiger partial charge in [0.2, 0.25) is 0 Å². The Balaban J connectivity index is 2.09. The molecule has 1 heterocycles. The summed E-state index contributed by atoms with van der Waals surface area (Å²) in [6.07, 6.45) is 8.97. The molecule has 3 unspecified atom stereocenters. The summed E-state index contributed by atoms with van der Waals surface area (Å²) in [4.78, 5) is 2.63. The Morgan fingerprint density at radius 2 is 1.94 bits per heavy atom. The van der Waals surface area contributed by atoms with E-state index in [-0.39, 0.29) is 5.54 Å². The van der Waals surface area contributed by atoms with Gasteiger partial charge in [-0.05, 0) is 45.1 Å². The largest absolute Gasteiger partial charge is 0.381 e. The number of rotatable bonds is 3. The fraction of sp³-hybridized carbons (Fsp3) is 1.00. The first-order valence-electron chi connectivity index (χ1n) is 7.70. The van der Waals surface area contributed by atoms with Crippen molar-refractivity contribution >= 4 is 0 Å². The second-order valence-corrected chi connectivity index (χ2v) is 6.33. The lowest BCUT2D eigenvalue weighted by Crippen LogP contribution is -2.58. The van der Waals surface area contributed by atoms with E-state index in [1.54, 1.807) is 0 Å². The first-order chi connectivity index (χ1) is 8.69. The second-order valence-electron chi connectivity index (χ2n) is 6.33. The van der Waals surface area contributed by atoms with Crippen LogP contribution in [0.3, 0.4) is 0 Å². The van der Waals surface area contributed by atoms with Gasteiger partial charge < -0.3 is 10.5 Å². The van der Waals surface area contributed by atoms with E-state index in [0.29, 0.717) is 0 Å². The summed E-state index contributed by atoms with van der Waals surface area (Å²) in [6.45, 7) is 4.98. The zero-order valence-corrected chi connectivity index (χ0v) is 12.2. The maximum absolute atomic E-state index is 6.16. The molecule has 0 radical (unpaired) electrons. The molecule has 1 saturated heterocycles. The van der Waals surface area contributed by atoms with E-state index >= 15 is 0 Å². The normalized spacial score (nSPS) is 38.7. The smallest absolute Gasteiger partial charge is 0.0484 e. The zero-order chi connectivity index (χ0) is 13.0. The minimum Gasteiger partial charge on any atom is -0.381 e. The molecule has 2 rings (SSSR count). The van der Waals surface area contributed by atoms with Crippen LogP contribution in [-0.4, -0.2) is 43.3 Å². The van der Waals surface area contributed by atoms with Crippen LogP contribution < -0.4 is 5.73 Å². The Bertz CT molecular complexity index is 249. The molecule has 106 valence electrons. The van der Waals surface area contributed by atoms with Crippen molar-refractivity contribution in [2.75, 3.05) is 26.8 Å². The summed E-state index contributed by atoms with van der Waals surface area (Å²) in [6, 6.07) is 0.723. The van der Waals surface area contributed by atoms with Crippen molar-refractivity contribution in [3.05, 3.63) is 0 Å². The fourth-order valence-corrected chi connectivity index (χ4v) is 3.92. The van der Waals surface area contributed by atoms with Gasteiger partial charge in [-0.3, -0.25) is 4.90 Å². The van der Waals surface area contributed by atoms with Crippen LogP contribution in [0, 0.1) is 5.92 Å². The summed E-state index contributed by atoms with van der Waals surface area (Å²) in [5.74, 6) is 0.816. The predicted molar refractivity (Wildman–Crippen MR) is 75.6 cm³/mol. The van der Waals surface area contributed by atoms with Gasteiger partial charge in [-0.1, -0.05) is 19.8 Å². The molecule has 0 bridgehead atoms. The van der Waals surface area contributed by atoms with Crippen LogP contribution in [0.25, 0.3) is 0 Å². The molecule has 2 N–H and O–H groups in total. The highest BCUT2D eigenvalue weighted by Gasteiger charge is 2.39. The van der Waals surface area contributed by atoms with E-state index in [2.05, 4.69) is 18.9 Å². The summed E-state index contributed by atoms with van der Waals surface area (Å²) < 4.78 is 5.63. The highest BCUT2D eigenvalue weighted by atomic mass is 16.5. The van der Waals surface area contributed by atoms with Gasteiger partial charge >= 0.3 is 0 Å². The van der Waals surface area contributed by atoms with E-state index in [4.69, 9.17) is 10.5 Å². The number of likely N-dealkylation sites (N-methyl/N-ethyl adjacent to an activating group) is 1. The molecule has 3 atom stereocenters. The summed E-state index contributed by atoms with van der Waals surface area (Å²) in [5, 5.41) is 0. The van der Waals surface area contributed by atoms with Crippen molar-refractivity contribution < 1.29 is 4.74 Å². The van der Waals surface area contributed by atoms with Gasteiger partial charge in [0.15, 0.2) is 0 Å². The van der Waals surface area contributed by atoms with E-state index < -0.39 is 0 Å². The third kappa shape index (κ3) is 2.89. The molecular formula is C15H30N2O. The lowest BCUT2D eigenvalue weighted by atomic mass is 9.80. The molecule has 1 aliphatic carbocycles. The van der Waals surface area contributed by atoms with Crippen molar-refractivity contribution in [1.29, 1.82) is 0 Å². The van der Waals surface area contributed by atoms with Crippen molar-refractivity contribution in [2.45, 2.75) is 63.5 Å². The third-order valence-corrected chi connectivity index (χ3v) is 5.33. The van der Waals surface area contributed by atoms with E-state index in [0.717, 1.165) is 44.6 Å². The monoisotopic (exact) mass is 254 g/mol. The van der Waals surface area contributed by atoms with Crippen molar-refractivity contribution in [2.24, 2.45) is 11.7 Å². The maximum atomic E-state index is 6.16. The number of nitrogens with two attached hydrogens (primary N) is 1. The molecule has 0 aromatic rings. The fourth-order valence-electron chi connectivity index (χ4n) is 3.92. The topological polar surface area (TPSA) is 38.5 Å². The predicted octanol–water partition coefficient (Wildman–Crippen LogP) is 2.39. The van der Waals surface area contributed by atoms with Gasteiger partial charge in [-0.25, -0.2) is 0 Å². The van der Waals surface area contributed by atoms with E-state index in [1.165, 1.54) is 32.1 Å². The second kappa shape index (κ2) is 6.36.